The van der Waals surface area contributed by atoms with Crippen LogP contribution in [0, 0.1) is 5.92 Å². The number of amides is 1. The lowest BCUT2D eigenvalue weighted by molar-refractivity contribution is -0.149. The molecule has 1 aliphatic carbocycles. The van der Waals surface area contributed by atoms with Gasteiger partial charge in [-0.15, -0.1) is 6.58 Å². The van der Waals surface area contributed by atoms with Crippen molar-refractivity contribution in [2.24, 2.45) is 5.92 Å². The molecule has 148 valence electrons. The minimum absolute atomic E-state index is 0.00434. The van der Waals surface area contributed by atoms with Gasteiger partial charge in [0.05, 0.1) is 23.5 Å². The summed E-state index contributed by atoms with van der Waals surface area (Å²) in [7, 11) is -2.39. The Hall–Kier alpha value is -2.19. The van der Waals surface area contributed by atoms with Crippen LogP contribution < -0.4 is 10.0 Å². The van der Waals surface area contributed by atoms with Crippen molar-refractivity contribution in [1.29, 1.82) is 0 Å². The van der Waals surface area contributed by atoms with E-state index in [9.17, 15) is 18.0 Å². The molecule has 0 saturated heterocycles. The molecule has 1 saturated carbocycles. The number of rotatable bonds is 7. The van der Waals surface area contributed by atoms with E-state index in [-0.39, 0.29) is 23.0 Å². The van der Waals surface area contributed by atoms with Crippen LogP contribution in [0.15, 0.2) is 41.8 Å². The highest BCUT2D eigenvalue weighted by molar-refractivity contribution is 7.89. The molecule has 7 nitrogen and oxygen atoms in total. The van der Waals surface area contributed by atoms with Crippen molar-refractivity contribution in [3.8, 4) is 0 Å². The predicted octanol–water partition coefficient (Wildman–Crippen LogP) is 2.00. The molecule has 2 atom stereocenters. The molecular weight excluding hydrogens is 368 g/mol. The van der Waals surface area contributed by atoms with Gasteiger partial charge >= 0.3 is 5.97 Å². The summed E-state index contributed by atoms with van der Waals surface area (Å²) in [6.07, 6.45) is 4.52. The van der Waals surface area contributed by atoms with Crippen LogP contribution in [0.4, 0.5) is 0 Å². The molecule has 1 aromatic carbocycles. The first-order valence-corrected chi connectivity index (χ1v) is 10.3. The maximum atomic E-state index is 12.8. The summed E-state index contributed by atoms with van der Waals surface area (Å²) >= 11 is 0. The molecule has 1 amide bonds. The third-order valence-corrected chi connectivity index (χ3v) is 6.34. The van der Waals surface area contributed by atoms with Gasteiger partial charge in [-0.25, -0.2) is 13.1 Å². The van der Waals surface area contributed by atoms with Crippen molar-refractivity contribution >= 4 is 21.9 Å². The summed E-state index contributed by atoms with van der Waals surface area (Å²) in [5.41, 5.74) is -0.523. The number of methoxy groups -OCH3 is 1. The molecule has 1 aromatic rings. The van der Waals surface area contributed by atoms with E-state index in [1.54, 1.807) is 6.07 Å². The second-order valence-electron chi connectivity index (χ2n) is 6.86. The van der Waals surface area contributed by atoms with E-state index < -0.39 is 27.4 Å². The Kier molecular flexibility index (Phi) is 6.78. The summed E-state index contributed by atoms with van der Waals surface area (Å²) in [5.74, 6) is -1.20. The smallest absolute Gasteiger partial charge is 0.311 e. The van der Waals surface area contributed by atoms with Crippen molar-refractivity contribution in [1.82, 2.24) is 10.0 Å². The lowest BCUT2D eigenvalue weighted by Gasteiger charge is -2.40. The standard InChI is InChI=1S/C19H26N2O5S/c1-4-12-20-27(24,25)15-9-7-8-14(13-15)17(22)21-19(2)11-6-5-10-16(19)18(23)26-3/h4,7-9,13,16,20H,1,5-6,10-12H2,2-3H3,(H,21,22)/t16-,19-/m0/s1. The van der Waals surface area contributed by atoms with Crippen LogP contribution in [-0.2, 0) is 19.6 Å². The van der Waals surface area contributed by atoms with Gasteiger partial charge in [-0.05, 0) is 38.0 Å². The zero-order chi connectivity index (χ0) is 20.1. The van der Waals surface area contributed by atoms with Crippen LogP contribution >= 0.6 is 0 Å². The summed E-state index contributed by atoms with van der Waals surface area (Å²) in [6, 6.07) is 5.79. The molecule has 1 aliphatic rings. The Bertz CT molecular complexity index is 821. The van der Waals surface area contributed by atoms with Crippen LogP contribution in [-0.4, -0.2) is 39.5 Å². The maximum absolute atomic E-state index is 12.8. The second-order valence-corrected chi connectivity index (χ2v) is 8.63. The monoisotopic (exact) mass is 394 g/mol. The number of benzene rings is 1. The van der Waals surface area contributed by atoms with Gasteiger partial charge in [0, 0.05) is 12.1 Å². The molecule has 0 aromatic heterocycles. The largest absolute Gasteiger partial charge is 0.469 e. The first kappa shape index (κ1) is 21.1. The van der Waals surface area contributed by atoms with E-state index in [1.807, 2.05) is 6.92 Å². The first-order chi connectivity index (χ1) is 12.7. The van der Waals surface area contributed by atoms with Crippen LogP contribution in [0.5, 0.6) is 0 Å². The lowest BCUT2D eigenvalue weighted by atomic mass is 9.73. The van der Waals surface area contributed by atoms with Crippen molar-refractivity contribution in [3.05, 3.63) is 42.5 Å². The minimum Gasteiger partial charge on any atom is -0.469 e. The van der Waals surface area contributed by atoms with Gasteiger partial charge in [0.1, 0.15) is 0 Å². The number of carbonyl (C=O) groups is 2. The molecule has 8 heteroatoms. The van der Waals surface area contributed by atoms with Gasteiger partial charge in [0.2, 0.25) is 10.0 Å². The highest BCUT2D eigenvalue weighted by Crippen LogP contribution is 2.34. The van der Waals surface area contributed by atoms with Gasteiger partial charge in [-0.1, -0.05) is 25.0 Å². The van der Waals surface area contributed by atoms with E-state index >= 15 is 0 Å². The Morgan fingerprint density at radius 1 is 1.37 bits per heavy atom. The summed E-state index contributed by atoms with van der Waals surface area (Å²) in [6.45, 7) is 5.40. The average molecular weight is 394 g/mol. The first-order valence-electron chi connectivity index (χ1n) is 8.84. The van der Waals surface area contributed by atoms with Crippen LogP contribution in [0.2, 0.25) is 0 Å². The molecule has 0 aliphatic heterocycles. The SMILES string of the molecule is C=CCNS(=O)(=O)c1cccc(C(=O)N[C@@]2(C)CCCC[C@H]2C(=O)OC)c1. The van der Waals surface area contributed by atoms with Crippen LogP contribution in [0.3, 0.4) is 0 Å². The molecule has 2 rings (SSSR count). The number of carbonyl (C=O) groups excluding carboxylic acids is 2. The summed E-state index contributed by atoms with van der Waals surface area (Å²) < 4.78 is 31.8. The zero-order valence-corrected chi connectivity index (χ0v) is 16.5. The normalized spacial score (nSPS) is 22.7. The van der Waals surface area contributed by atoms with E-state index in [0.29, 0.717) is 12.8 Å². The quantitative estimate of drug-likeness (QED) is 0.544. The molecule has 0 unspecified atom stereocenters. The Morgan fingerprint density at radius 3 is 2.78 bits per heavy atom. The number of nitrogens with one attached hydrogen (secondary N) is 2. The Labute approximate surface area is 160 Å². The van der Waals surface area contributed by atoms with Crippen molar-refractivity contribution < 1.29 is 22.7 Å². The van der Waals surface area contributed by atoms with E-state index in [2.05, 4.69) is 16.6 Å². The number of sulfonamides is 1. The molecule has 0 spiro atoms. The van der Waals surface area contributed by atoms with Crippen molar-refractivity contribution in [2.75, 3.05) is 13.7 Å². The molecule has 1 fully saturated rings. The zero-order valence-electron chi connectivity index (χ0n) is 15.7. The molecule has 0 heterocycles. The number of esters is 1. The third kappa shape index (κ3) is 4.95. The number of hydrogen-bond acceptors (Lipinski definition) is 5. The van der Waals surface area contributed by atoms with Crippen molar-refractivity contribution in [2.45, 2.75) is 43.0 Å². The lowest BCUT2D eigenvalue weighted by Crippen LogP contribution is -2.55. The Morgan fingerprint density at radius 2 is 2.11 bits per heavy atom. The molecule has 0 bridgehead atoms. The van der Waals surface area contributed by atoms with Crippen LogP contribution in [0.1, 0.15) is 43.0 Å². The summed E-state index contributed by atoms with van der Waals surface area (Å²) in [5, 5.41) is 2.93. The van der Waals surface area contributed by atoms with Gasteiger partial charge in [-0.3, -0.25) is 9.59 Å². The highest BCUT2D eigenvalue weighted by Gasteiger charge is 2.42. The molecule has 2 N–H and O–H groups in total. The Balaban J connectivity index is 2.23. The molecule has 0 radical (unpaired) electrons. The minimum atomic E-state index is -3.73. The fraction of sp³-hybridized carbons (Fsp3) is 0.474. The van der Waals surface area contributed by atoms with E-state index in [0.717, 1.165) is 12.8 Å². The molecular formula is C19H26N2O5S. The third-order valence-electron chi connectivity index (χ3n) is 4.92. The second kappa shape index (κ2) is 8.67. The van der Waals surface area contributed by atoms with E-state index in [1.165, 1.54) is 31.4 Å². The highest BCUT2D eigenvalue weighted by atomic mass is 32.2. The predicted molar refractivity (Wildman–Crippen MR) is 102 cm³/mol. The van der Waals surface area contributed by atoms with Crippen molar-refractivity contribution in [3.63, 3.8) is 0 Å². The van der Waals surface area contributed by atoms with E-state index in [4.69, 9.17) is 4.74 Å². The van der Waals surface area contributed by atoms with Crippen LogP contribution in [0.25, 0.3) is 0 Å². The average Bonchev–Trinajstić information content (AvgIpc) is 2.66. The fourth-order valence-corrected chi connectivity index (χ4v) is 4.44. The fourth-order valence-electron chi connectivity index (χ4n) is 3.39. The maximum Gasteiger partial charge on any atom is 0.311 e. The number of ether oxygens (including phenoxy) is 1. The van der Waals surface area contributed by atoms with Gasteiger partial charge < -0.3 is 10.1 Å². The van der Waals surface area contributed by atoms with Gasteiger partial charge in [-0.2, -0.15) is 0 Å². The molecule has 27 heavy (non-hydrogen) atoms. The topological polar surface area (TPSA) is 102 Å². The van der Waals surface area contributed by atoms with Gasteiger partial charge in [0.25, 0.3) is 5.91 Å². The summed E-state index contributed by atoms with van der Waals surface area (Å²) in [4.78, 5) is 24.9. The number of hydrogen-bond donors (Lipinski definition) is 2. The van der Waals surface area contributed by atoms with Gasteiger partial charge in [0.15, 0.2) is 0 Å².